The Kier molecular flexibility index (Phi) is 3.82. The maximum atomic E-state index is 6.02. The number of nitrogens with zero attached hydrogens (tertiary/aromatic N) is 2. The standard InChI is InChI=1S/C13H16ClN3/c1-2-13-16-7-8-17(13)12-4-3-11(14)9-10(12)5-6-15/h3-4,7-9H,2,5-6,15H2,1H3. The molecular weight excluding hydrogens is 234 g/mol. The summed E-state index contributed by atoms with van der Waals surface area (Å²) in [5, 5.41) is 0.746. The van der Waals surface area contributed by atoms with Gasteiger partial charge in [0.2, 0.25) is 0 Å². The molecule has 1 aromatic carbocycles. The minimum atomic E-state index is 0.615. The van der Waals surface area contributed by atoms with Gasteiger partial charge in [-0.15, -0.1) is 0 Å². The summed E-state index contributed by atoms with van der Waals surface area (Å²) in [6, 6.07) is 5.90. The van der Waals surface area contributed by atoms with Crippen LogP contribution in [-0.4, -0.2) is 16.1 Å². The minimum absolute atomic E-state index is 0.615. The molecule has 0 aliphatic heterocycles. The zero-order valence-electron chi connectivity index (χ0n) is 9.86. The Morgan fingerprint density at radius 1 is 1.41 bits per heavy atom. The lowest BCUT2D eigenvalue weighted by Gasteiger charge is -2.12. The van der Waals surface area contributed by atoms with Crippen molar-refractivity contribution in [2.45, 2.75) is 19.8 Å². The van der Waals surface area contributed by atoms with Gasteiger partial charge in [0.05, 0.1) is 5.69 Å². The molecular formula is C13H16ClN3. The van der Waals surface area contributed by atoms with Gasteiger partial charge in [-0.05, 0) is 36.7 Å². The van der Waals surface area contributed by atoms with Gasteiger partial charge < -0.3 is 10.3 Å². The van der Waals surface area contributed by atoms with E-state index in [9.17, 15) is 0 Å². The number of hydrogen-bond donors (Lipinski definition) is 1. The van der Waals surface area contributed by atoms with Crippen LogP contribution in [0.5, 0.6) is 0 Å². The number of benzene rings is 1. The third-order valence-electron chi connectivity index (χ3n) is 2.75. The van der Waals surface area contributed by atoms with Crippen LogP contribution in [0, 0.1) is 0 Å². The topological polar surface area (TPSA) is 43.8 Å². The van der Waals surface area contributed by atoms with Gasteiger partial charge in [0, 0.05) is 23.8 Å². The van der Waals surface area contributed by atoms with Gasteiger partial charge in [-0.2, -0.15) is 0 Å². The van der Waals surface area contributed by atoms with Gasteiger partial charge in [0.15, 0.2) is 0 Å². The van der Waals surface area contributed by atoms with Crippen molar-refractivity contribution in [3.05, 3.63) is 47.0 Å². The smallest absolute Gasteiger partial charge is 0.112 e. The number of rotatable bonds is 4. The fourth-order valence-corrected chi connectivity index (χ4v) is 2.15. The fourth-order valence-electron chi connectivity index (χ4n) is 1.96. The Balaban J connectivity index is 2.50. The maximum Gasteiger partial charge on any atom is 0.112 e. The highest BCUT2D eigenvalue weighted by Crippen LogP contribution is 2.21. The Labute approximate surface area is 106 Å². The second kappa shape index (κ2) is 5.34. The minimum Gasteiger partial charge on any atom is -0.330 e. The van der Waals surface area contributed by atoms with Crippen LogP contribution >= 0.6 is 11.6 Å². The normalized spacial score (nSPS) is 10.8. The highest BCUT2D eigenvalue weighted by Gasteiger charge is 2.08. The molecule has 2 rings (SSSR count). The van der Waals surface area contributed by atoms with Crippen LogP contribution in [0.1, 0.15) is 18.3 Å². The van der Waals surface area contributed by atoms with Crippen LogP contribution in [0.4, 0.5) is 0 Å². The summed E-state index contributed by atoms with van der Waals surface area (Å²) in [4.78, 5) is 4.33. The number of halogens is 1. The van der Waals surface area contributed by atoms with Crippen molar-refractivity contribution in [3.63, 3.8) is 0 Å². The first-order valence-corrected chi connectivity index (χ1v) is 6.15. The highest BCUT2D eigenvalue weighted by molar-refractivity contribution is 6.30. The van der Waals surface area contributed by atoms with Gasteiger partial charge in [0.25, 0.3) is 0 Å². The number of imidazole rings is 1. The molecule has 90 valence electrons. The van der Waals surface area contributed by atoms with Crippen LogP contribution in [0.2, 0.25) is 5.02 Å². The fraction of sp³-hybridized carbons (Fsp3) is 0.308. The number of nitrogens with two attached hydrogens (primary N) is 1. The average Bonchev–Trinajstić information content (AvgIpc) is 2.78. The Bertz CT molecular complexity index is 505. The van der Waals surface area contributed by atoms with E-state index in [1.807, 2.05) is 30.6 Å². The lowest BCUT2D eigenvalue weighted by molar-refractivity contribution is 0.868. The van der Waals surface area contributed by atoms with Crippen molar-refractivity contribution in [1.29, 1.82) is 0 Å². The summed E-state index contributed by atoms with van der Waals surface area (Å²) in [5.74, 6) is 1.05. The molecule has 3 nitrogen and oxygen atoms in total. The highest BCUT2D eigenvalue weighted by atomic mass is 35.5. The van der Waals surface area contributed by atoms with Crippen LogP contribution < -0.4 is 5.73 Å². The number of aromatic nitrogens is 2. The van der Waals surface area contributed by atoms with E-state index in [0.29, 0.717) is 6.54 Å². The van der Waals surface area contributed by atoms with Gasteiger partial charge >= 0.3 is 0 Å². The van der Waals surface area contributed by atoms with Gasteiger partial charge in [-0.1, -0.05) is 18.5 Å². The lowest BCUT2D eigenvalue weighted by Crippen LogP contribution is -2.08. The second-order valence-electron chi connectivity index (χ2n) is 3.88. The summed E-state index contributed by atoms with van der Waals surface area (Å²) in [6.45, 7) is 2.71. The van der Waals surface area contributed by atoms with Crippen LogP contribution in [0.15, 0.2) is 30.6 Å². The quantitative estimate of drug-likeness (QED) is 0.905. The molecule has 1 heterocycles. The molecule has 0 saturated carbocycles. The first kappa shape index (κ1) is 12.1. The number of hydrogen-bond acceptors (Lipinski definition) is 2. The van der Waals surface area contributed by atoms with E-state index in [0.717, 1.165) is 34.9 Å². The monoisotopic (exact) mass is 249 g/mol. The molecule has 2 aromatic rings. The molecule has 0 spiro atoms. The molecule has 1 aromatic heterocycles. The molecule has 0 aliphatic carbocycles. The summed E-state index contributed by atoms with van der Waals surface area (Å²) < 4.78 is 2.10. The SMILES string of the molecule is CCc1nccn1-c1ccc(Cl)cc1CCN. The molecule has 0 unspecified atom stereocenters. The van der Waals surface area contributed by atoms with Crippen LogP contribution in [0.25, 0.3) is 5.69 Å². The Hall–Kier alpha value is -1.32. The van der Waals surface area contributed by atoms with E-state index in [1.165, 1.54) is 0 Å². The Morgan fingerprint density at radius 3 is 2.94 bits per heavy atom. The lowest BCUT2D eigenvalue weighted by atomic mass is 10.1. The molecule has 17 heavy (non-hydrogen) atoms. The zero-order chi connectivity index (χ0) is 12.3. The third kappa shape index (κ3) is 2.51. The maximum absolute atomic E-state index is 6.02. The van der Waals surface area contributed by atoms with Crippen LogP contribution in [-0.2, 0) is 12.8 Å². The van der Waals surface area contributed by atoms with Crippen molar-refractivity contribution in [2.24, 2.45) is 5.73 Å². The van der Waals surface area contributed by atoms with Crippen molar-refractivity contribution in [3.8, 4) is 5.69 Å². The molecule has 0 saturated heterocycles. The molecule has 0 fully saturated rings. The van der Waals surface area contributed by atoms with E-state index in [-0.39, 0.29) is 0 Å². The van der Waals surface area contributed by atoms with Crippen molar-refractivity contribution in [1.82, 2.24) is 9.55 Å². The van der Waals surface area contributed by atoms with Crippen molar-refractivity contribution < 1.29 is 0 Å². The zero-order valence-corrected chi connectivity index (χ0v) is 10.6. The molecule has 0 aliphatic rings. The van der Waals surface area contributed by atoms with E-state index in [4.69, 9.17) is 17.3 Å². The van der Waals surface area contributed by atoms with Crippen LogP contribution in [0.3, 0.4) is 0 Å². The molecule has 0 atom stereocenters. The molecule has 0 amide bonds. The van der Waals surface area contributed by atoms with Crippen molar-refractivity contribution >= 4 is 11.6 Å². The van der Waals surface area contributed by atoms with Gasteiger partial charge in [-0.3, -0.25) is 0 Å². The average molecular weight is 250 g/mol. The molecule has 4 heteroatoms. The predicted octanol–water partition coefficient (Wildman–Crippen LogP) is 2.59. The van der Waals surface area contributed by atoms with E-state index in [2.05, 4.69) is 16.5 Å². The third-order valence-corrected chi connectivity index (χ3v) is 2.98. The first-order valence-electron chi connectivity index (χ1n) is 5.77. The van der Waals surface area contributed by atoms with Crippen molar-refractivity contribution in [2.75, 3.05) is 6.54 Å². The predicted molar refractivity (Wildman–Crippen MR) is 70.7 cm³/mol. The second-order valence-corrected chi connectivity index (χ2v) is 4.32. The summed E-state index contributed by atoms with van der Waals surface area (Å²) in [6.07, 6.45) is 5.51. The molecule has 0 bridgehead atoms. The summed E-state index contributed by atoms with van der Waals surface area (Å²) >= 11 is 6.02. The summed E-state index contributed by atoms with van der Waals surface area (Å²) in [7, 11) is 0. The van der Waals surface area contributed by atoms with Gasteiger partial charge in [-0.25, -0.2) is 4.98 Å². The van der Waals surface area contributed by atoms with E-state index in [1.54, 1.807) is 0 Å². The first-order chi connectivity index (χ1) is 8.26. The number of aryl methyl sites for hydroxylation is 1. The van der Waals surface area contributed by atoms with Gasteiger partial charge in [0.1, 0.15) is 5.82 Å². The van der Waals surface area contributed by atoms with E-state index < -0.39 is 0 Å². The molecule has 2 N–H and O–H groups in total. The largest absolute Gasteiger partial charge is 0.330 e. The Morgan fingerprint density at radius 2 is 2.24 bits per heavy atom. The summed E-state index contributed by atoms with van der Waals surface area (Å²) in [5.41, 5.74) is 7.92. The molecule has 0 radical (unpaired) electrons. The van der Waals surface area contributed by atoms with E-state index >= 15 is 0 Å².